The zero-order chi connectivity index (χ0) is 13.6. The van der Waals surface area contributed by atoms with E-state index in [0.717, 1.165) is 16.7 Å². The van der Waals surface area contributed by atoms with E-state index in [0.29, 0.717) is 22.5 Å². The number of hydrogen-bond acceptors (Lipinski definition) is 3. The summed E-state index contributed by atoms with van der Waals surface area (Å²) in [5, 5.41) is 5.09. The van der Waals surface area contributed by atoms with Crippen molar-refractivity contribution < 1.29 is 0 Å². The van der Waals surface area contributed by atoms with Crippen LogP contribution in [0.25, 0.3) is 11.0 Å². The number of imidazole rings is 1. The van der Waals surface area contributed by atoms with Gasteiger partial charge in [-0.25, -0.2) is 4.98 Å². The van der Waals surface area contributed by atoms with Crippen molar-refractivity contribution in [2.75, 3.05) is 5.73 Å². The number of aryl methyl sites for hydroxylation is 1. The van der Waals surface area contributed by atoms with Crippen molar-refractivity contribution in [3.63, 3.8) is 0 Å². The van der Waals surface area contributed by atoms with Gasteiger partial charge < -0.3 is 10.3 Å². The minimum atomic E-state index is 0.425. The number of rotatable bonds is 2. The number of nitrogens with two attached hydrogens (primary N) is 1. The summed E-state index contributed by atoms with van der Waals surface area (Å²) in [6, 6.07) is 5.43. The van der Waals surface area contributed by atoms with Gasteiger partial charge in [0, 0.05) is 13.2 Å². The van der Waals surface area contributed by atoms with Crippen LogP contribution in [-0.4, -0.2) is 19.3 Å². The quantitative estimate of drug-likeness (QED) is 0.791. The van der Waals surface area contributed by atoms with Gasteiger partial charge in [-0.1, -0.05) is 23.2 Å². The molecule has 19 heavy (non-hydrogen) atoms. The Bertz CT molecular complexity index is 759. The Morgan fingerprint density at radius 3 is 2.68 bits per heavy atom. The number of aromatic nitrogens is 4. The third kappa shape index (κ3) is 2.05. The van der Waals surface area contributed by atoms with E-state index in [1.54, 1.807) is 23.0 Å². The fraction of sp³-hybridized carbons (Fsp3) is 0.167. The summed E-state index contributed by atoms with van der Waals surface area (Å²) in [5.41, 5.74) is 8.57. The van der Waals surface area contributed by atoms with Crippen LogP contribution in [0.3, 0.4) is 0 Å². The molecule has 0 saturated heterocycles. The Morgan fingerprint density at radius 1 is 1.26 bits per heavy atom. The van der Waals surface area contributed by atoms with Crippen LogP contribution in [0.15, 0.2) is 24.4 Å². The van der Waals surface area contributed by atoms with Crippen LogP contribution in [0, 0.1) is 0 Å². The van der Waals surface area contributed by atoms with Crippen molar-refractivity contribution in [1.29, 1.82) is 0 Å². The number of benzene rings is 1. The van der Waals surface area contributed by atoms with Gasteiger partial charge in [-0.15, -0.1) is 0 Å². The van der Waals surface area contributed by atoms with Gasteiger partial charge in [0.1, 0.15) is 0 Å². The predicted octanol–water partition coefficient (Wildman–Crippen LogP) is 2.71. The Labute approximate surface area is 119 Å². The van der Waals surface area contributed by atoms with Gasteiger partial charge in [0.2, 0.25) is 5.95 Å². The van der Waals surface area contributed by atoms with Gasteiger partial charge in [-0.05, 0) is 18.2 Å². The van der Waals surface area contributed by atoms with E-state index in [4.69, 9.17) is 28.9 Å². The number of anilines is 1. The molecule has 0 spiro atoms. The second kappa shape index (κ2) is 4.43. The maximum absolute atomic E-state index is 6.05. The highest BCUT2D eigenvalue weighted by Gasteiger charge is 2.12. The summed E-state index contributed by atoms with van der Waals surface area (Å²) in [6.45, 7) is 0.580. The molecule has 0 aliphatic rings. The monoisotopic (exact) mass is 295 g/mol. The molecule has 0 bridgehead atoms. The van der Waals surface area contributed by atoms with Crippen molar-refractivity contribution >= 4 is 40.2 Å². The highest BCUT2D eigenvalue weighted by molar-refractivity contribution is 6.42. The first-order chi connectivity index (χ1) is 9.06. The molecule has 0 unspecified atom stereocenters. The van der Waals surface area contributed by atoms with E-state index < -0.39 is 0 Å². The lowest BCUT2D eigenvalue weighted by Crippen LogP contribution is -2.08. The summed E-state index contributed by atoms with van der Waals surface area (Å²) < 4.78 is 3.68. The molecule has 0 fully saturated rings. The number of nitrogen functional groups attached to an aromatic ring is 1. The molecule has 0 aliphatic heterocycles. The SMILES string of the molecule is Cn1nccc1Cn1c(N)nc2cc(Cl)c(Cl)cc21. The van der Waals surface area contributed by atoms with E-state index >= 15 is 0 Å². The van der Waals surface area contributed by atoms with Crippen LogP contribution >= 0.6 is 23.2 Å². The van der Waals surface area contributed by atoms with Gasteiger partial charge in [0.05, 0.1) is 33.3 Å². The second-order valence-corrected chi connectivity index (χ2v) is 5.07. The summed E-state index contributed by atoms with van der Waals surface area (Å²) in [7, 11) is 1.88. The number of fused-ring (bicyclic) bond motifs is 1. The first kappa shape index (κ1) is 12.3. The van der Waals surface area contributed by atoms with Crippen molar-refractivity contribution in [2.45, 2.75) is 6.54 Å². The fourth-order valence-corrected chi connectivity index (χ4v) is 2.34. The van der Waals surface area contributed by atoms with Crippen LogP contribution in [0.5, 0.6) is 0 Å². The first-order valence-corrected chi connectivity index (χ1v) is 6.39. The smallest absolute Gasteiger partial charge is 0.201 e. The summed E-state index contributed by atoms with van der Waals surface area (Å²) in [4.78, 5) is 4.29. The number of halogens is 2. The number of nitrogens with zero attached hydrogens (tertiary/aromatic N) is 4. The lowest BCUT2D eigenvalue weighted by Gasteiger charge is -2.07. The molecule has 0 aliphatic carbocycles. The van der Waals surface area contributed by atoms with Crippen molar-refractivity contribution in [3.8, 4) is 0 Å². The Hall–Kier alpha value is -1.72. The van der Waals surface area contributed by atoms with Crippen LogP contribution in [0.2, 0.25) is 10.0 Å². The average molecular weight is 296 g/mol. The van der Waals surface area contributed by atoms with Gasteiger partial charge in [-0.2, -0.15) is 5.10 Å². The first-order valence-electron chi connectivity index (χ1n) is 5.64. The van der Waals surface area contributed by atoms with Crippen LogP contribution in [0.4, 0.5) is 5.95 Å². The Kier molecular flexibility index (Phi) is 2.88. The van der Waals surface area contributed by atoms with E-state index in [9.17, 15) is 0 Å². The molecule has 2 N–H and O–H groups in total. The van der Waals surface area contributed by atoms with Crippen molar-refractivity contribution in [2.24, 2.45) is 7.05 Å². The Morgan fingerprint density at radius 2 is 2.00 bits per heavy atom. The third-order valence-electron chi connectivity index (χ3n) is 3.06. The molecule has 7 heteroatoms. The molecule has 1 aromatic carbocycles. The van der Waals surface area contributed by atoms with E-state index in [2.05, 4.69) is 10.1 Å². The molecule has 3 rings (SSSR count). The van der Waals surface area contributed by atoms with Crippen LogP contribution < -0.4 is 5.73 Å². The van der Waals surface area contributed by atoms with Gasteiger partial charge in [-0.3, -0.25) is 4.68 Å². The molecule has 98 valence electrons. The third-order valence-corrected chi connectivity index (χ3v) is 3.78. The highest BCUT2D eigenvalue weighted by Crippen LogP contribution is 2.29. The van der Waals surface area contributed by atoms with Gasteiger partial charge in [0.15, 0.2) is 0 Å². The summed E-state index contributed by atoms with van der Waals surface area (Å²) >= 11 is 12.0. The average Bonchev–Trinajstić information content (AvgIpc) is 2.88. The number of hydrogen-bond donors (Lipinski definition) is 1. The van der Waals surface area contributed by atoms with Crippen LogP contribution in [0.1, 0.15) is 5.69 Å². The molecular formula is C12H11Cl2N5. The highest BCUT2D eigenvalue weighted by atomic mass is 35.5. The molecule has 0 atom stereocenters. The van der Waals surface area contributed by atoms with Crippen LogP contribution in [-0.2, 0) is 13.6 Å². The van der Waals surface area contributed by atoms with E-state index in [1.807, 2.05) is 17.7 Å². The van der Waals surface area contributed by atoms with Gasteiger partial charge in [0.25, 0.3) is 0 Å². The van der Waals surface area contributed by atoms with Crippen molar-refractivity contribution in [1.82, 2.24) is 19.3 Å². The topological polar surface area (TPSA) is 61.7 Å². The minimum absolute atomic E-state index is 0.425. The lowest BCUT2D eigenvalue weighted by molar-refractivity contribution is 0.678. The molecule has 0 amide bonds. The molecule has 2 heterocycles. The zero-order valence-corrected chi connectivity index (χ0v) is 11.7. The Balaban J connectivity index is 2.15. The summed E-state index contributed by atoms with van der Waals surface area (Å²) in [5.74, 6) is 0.425. The molecule has 2 aromatic heterocycles. The molecule has 0 saturated carbocycles. The largest absolute Gasteiger partial charge is 0.369 e. The summed E-state index contributed by atoms with van der Waals surface area (Å²) in [6.07, 6.45) is 1.74. The van der Waals surface area contributed by atoms with Gasteiger partial charge >= 0.3 is 0 Å². The molecular weight excluding hydrogens is 285 g/mol. The lowest BCUT2D eigenvalue weighted by atomic mass is 10.3. The standard InChI is InChI=1S/C12H11Cl2N5/c1-18-7(2-3-16-18)6-19-11-5-9(14)8(13)4-10(11)17-12(19)15/h2-5H,6H2,1H3,(H2,15,17). The normalized spacial score (nSPS) is 11.3. The molecule has 5 nitrogen and oxygen atoms in total. The molecule has 3 aromatic rings. The zero-order valence-electron chi connectivity index (χ0n) is 10.1. The second-order valence-electron chi connectivity index (χ2n) is 4.26. The minimum Gasteiger partial charge on any atom is -0.369 e. The maximum Gasteiger partial charge on any atom is 0.201 e. The maximum atomic E-state index is 6.05. The van der Waals surface area contributed by atoms with E-state index in [1.165, 1.54) is 0 Å². The predicted molar refractivity (Wildman–Crippen MR) is 76.5 cm³/mol. The molecule has 0 radical (unpaired) electrons. The fourth-order valence-electron chi connectivity index (χ4n) is 2.02. The van der Waals surface area contributed by atoms with Crippen molar-refractivity contribution in [3.05, 3.63) is 40.1 Å². The van der Waals surface area contributed by atoms with E-state index in [-0.39, 0.29) is 0 Å².